The molecule has 0 spiro atoms. The average Bonchev–Trinajstić information content (AvgIpc) is 3.47. The van der Waals surface area contributed by atoms with Crippen LogP contribution in [0.2, 0.25) is 5.02 Å². The number of aromatic nitrogens is 5. The monoisotopic (exact) mass is 549 g/mol. The molecule has 0 fully saturated rings. The van der Waals surface area contributed by atoms with Crippen LogP contribution in [0.1, 0.15) is 26.7 Å². The number of hydrogen-bond donors (Lipinski definition) is 1. The van der Waals surface area contributed by atoms with Gasteiger partial charge in [0.2, 0.25) is 0 Å². The molecule has 0 saturated carbocycles. The fourth-order valence-corrected chi connectivity index (χ4v) is 3.69. The number of nitrogens with zero attached hydrogens (tertiary/aromatic N) is 6. The number of benzene rings is 1. The molecule has 38 heavy (non-hydrogen) atoms. The summed E-state index contributed by atoms with van der Waals surface area (Å²) in [6, 6.07) is 6.26. The van der Waals surface area contributed by atoms with Crippen molar-refractivity contribution >= 4 is 34.9 Å². The van der Waals surface area contributed by atoms with E-state index in [4.69, 9.17) is 11.6 Å². The molecule has 16 heteroatoms. The predicted molar refractivity (Wildman–Crippen MR) is 126 cm³/mol. The topological polar surface area (TPSA) is 147 Å². The third-order valence-electron chi connectivity index (χ3n) is 5.26. The van der Waals surface area contributed by atoms with Crippen LogP contribution in [0.3, 0.4) is 0 Å². The van der Waals surface area contributed by atoms with Gasteiger partial charge in [0.15, 0.2) is 17.3 Å². The van der Waals surface area contributed by atoms with Crippen LogP contribution in [0.15, 0.2) is 48.9 Å². The summed E-state index contributed by atoms with van der Waals surface area (Å²) in [6.07, 6.45) is -1.89. The van der Waals surface area contributed by atoms with E-state index in [2.05, 4.69) is 25.1 Å². The molecule has 0 radical (unpaired) electrons. The summed E-state index contributed by atoms with van der Waals surface area (Å²) in [5.41, 5.74) is -1.85. The average molecular weight is 550 g/mol. The number of hydrogen-bond acceptors (Lipinski definition) is 8. The number of nitrogens with one attached hydrogen (secondary N) is 1. The van der Waals surface area contributed by atoms with Crippen LogP contribution >= 0.6 is 11.6 Å². The predicted octanol–water partition coefficient (Wildman–Crippen LogP) is 4.29. The molecule has 1 N–H and O–H groups in total. The highest BCUT2D eigenvalue weighted by Gasteiger charge is 2.39. The van der Waals surface area contributed by atoms with E-state index in [9.17, 15) is 32.9 Å². The summed E-state index contributed by atoms with van der Waals surface area (Å²) in [4.78, 5) is 42.4. The van der Waals surface area contributed by atoms with Gasteiger partial charge in [-0.25, -0.2) is 19.4 Å². The van der Waals surface area contributed by atoms with Crippen LogP contribution in [-0.2, 0) is 18.0 Å². The van der Waals surface area contributed by atoms with E-state index < -0.39 is 34.2 Å². The minimum Gasteiger partial charge on any atom is -0.465 e. The largest absolute Gasteiger partial charge is 0.465 e. The lowest BCUT2D eigenvalue weighted by atomic mass is 10.2. The lowest BCUT2D eigenvalue weighted by Crippen LogP contribution is -2.17. The molecule has 0 unspecified atom stereocenters. The molecule has 4 rings (SSSR count). The zero-order valence-corrected chi connectivity index (χ0v) is 20.1. The van der Waals surface area contributed by atoms with Gasteiger partial charge >= 0.3 is 12.1 Å². The summed E-state index contributed by atoms with van der Waals surface area (Å²) in [5.74, 6) is -1.77. The zero-order chi connectivity index (χ0) is 27.8. The second-order valence-electron chi connectivity index (χ2n) is 7.63. The molecule has 0 aliphatic carbocycles. The van der Waals surface area contributed by atoms with Crippen LogP contribution in [0.25, 0.3) is 17.1 Å². The van der Waals surface area contributed by atoms with Crippen molar-refractivity contribution < 1.29 is 32.4 Å². The van der Waals surface area contributed by atoms with Gasteiger partial charge < -0.3 is 14.6 Å². The minimum absolute atomic E-state index is 0.0114. The first-order valence-electron chi connectivity index (χ1n) is 10.4. The zero-order valence-electron chi connectivity index (χ0n) is 19.4. The summed E-state index contributed by atoms with van der Waals surface area (Å²) in [7, 11) is 2.52. The fraction of sp³-hybridized carbons (Fsp3) is 0.136. The fourth-order valence-electron chi connectivity index (χ4n) is 3.44. The van der Waals surface area contributed by atoms with Gasteiger partial charge in [0.1, 0.15) is 6.20 Å². The van der Waals surface area contributed by atoms with Crippen molar-refractivity contribution in [3.05, 3.63) is 81.1 Å². The molecule has 0 saturated heterocycles. The van der Waals surface area contributed by atoms with Gasteiger partial charge in [-0.3, -0.25) is 14.9 Å². The molecule has 4 aromatic rings. The highest BCUT2D eigenvalue weighted by Crippen LogP contribution is 2.37. The third-order valence-corrected chi connectivity index (χ3v) is 5.57. The van der Waals surface area contributed by atoms with Crippen molar-refractivity contribution in [1.29, 1.82) is 0 Å². The maximum Gasteiger partial charge on any atom is 0.435 e. The lowest BCUT2D eigenvalue weighted by molar-refractivity contribution is -0.385. The second kappa shape index (κ2) is 9.93. The smallest absolute Gasteiger partial charge is 0.435 e. The van der Waals surface area contributed by atoms with Crippen molar-refractivity contribution in [1.82, 2.24) is 24.3 Å². The van der Waals surface area contributed by atoms with E-state index in [1.165, 1.54) is 32.4 Å². The summed E-state index contributed by atoms with van der Waals surface area (Å²) >= 11 is 6.06. The summed E-state index contributed by atoms with van der Waals surface area (Å²) in [6.45, 7) is 0. The number of nitro groups is 1. The Morgan fingerprint density at radius 1 is 1.16 bits per heavy atom. The number of carbonyl (C=O) groups excluding carboxylic acids is 2. The maximum absolute atomic E-state index is 13.8. The Morgan fingerprint density at radius 2 is 1.89 bits per heavy atom. The SMILES string of the molecule is COC(=O)c1ccc(NC(=O)c2ncc(-c3cn(-c4ccc([N+](=O)[O-])cn4)nc3C(F)(F)F)n2C)cc1Cl. The molecule has 0 aliphatic heterocycles. The van der Waals surface area contributed by atoms with Crippen LogP contribution in [0.5, 0.6) is 0 Å². The number of ether oxygens (including phenoxy) is 1. The first-order chi connectivity index (χ1) is 17.9. The van der Waals surface area contributed by atoms with Gasteiger partial charge in [-0.05, 0) is 24.3 Å². The van der Waals surface area contributed by atoms with Gasteiger partial charge in [-0.1, -0.05) is 11.6 Å². The number of amides is 1. The first kappa shape index (κ1) is 26.3. The lowest BCUT2D eigenvalue weighted by Gasteiger charge is -2.09. The number of pyridine rings is 1. The second-order valence-corrected chi connectivity index (χ2v) is 8.04. The summed E-state index contributed by atoms with van der Waals surface area (Å²) in [5, 5.41) is 16.9. The molecule has 196 valence electrons. The van der Waals surface area contributed by atoms with Gasteiger partial charge in [-0.15, -0.1) is 0 Å². The number of imidazole rings is 1. The number of anilines is 1. The Hall–Kier alpha value is -4.79. The van der Waals surface area contributed by atoms with Gasteiger partial charge in [-0.2, -0.15) is 18.3 Å². The Labute approximate surface area is 215 Å². The molecular weight excluding hydrogens is 535 g/mol. The third kappa shape index (κ3) is 5.04. The number of carbonyl (C=O) groups is 2. The number of methoxy groups -OCH3 is 1. The standard InChI is InChI=1S/C22H15ClF3N7O5/c1-31-16(9-28-19(31)20(34)29-11-3-5-13(15(23)7-11)21(35)38-2)14-10-32(30-18(14)22(24,25)26)17-6-4-12(8-27-17)33(36)37/h3-10H,1-2H3,(H,29,34). The Balaban J connectivity index is 1.67. The van der Waals surface area contributed by atoms with Crippen LogP contribution in [0.4, 0.5) is 24.5 Å². The Bertz CT molecular complexity index is 1560. The van der Waals surface area contributed by atoms with Gasteiger partial charge in [0, 0.05) is 25.0 Å². The van der Waals surface area contributed by atoms with E-state index in [-0.39, 0.29) is 39.3 Å². The van der Waals surface area contributed by atoms with Crippen molar-refractivity contribution in [2.75, 3.05) is 12.4 Å². The van der Waals surface area contributed by atoms with Crippen molar-refractivity contribution in [2.24, 2.45) is 7.05 Å². The van der Waals surface area contributed by atoms with Crippen molar-refractivity contribution in [3.63, 3.8) is 0 Å². The van der Waals surface area contributed by atoms with Gasteiger partial charge in [0.25, 0.3) is 11.6 Å². The van der Waals surface area contributed by atoms with Crippen LogP contribution in [0, 0.1) is 10.1 Å². The molecule has 3 aromatic heterocycles. The Morgan fingerprint density at radius 3 is 2.47 bits per heavy atom. The van der Waals surface area contributed by atoms with Crippen LogP contribution in [-0.4, -0.2) is 48.2 Å². The number of rotatable bonds is 6. The minimum atomic E-state index is -4.88. The molecule has 1 aromatic carbocycles. The number of esters is 1. The number of halogens is 4. The molecule has 0 atom stereocenters. The Kier molecular flexibility index (Phi) is 6.87. The first-order valence-corrected chi connectivity index (χ1v) is 10.8. The molecule has 0 bridgehead atoms. The molecule has 0 aliphatic rings. The van der Waals surface area contributed by atoms with E-state index in [1.54, 1.807) is 0 Å². The molecule has 3 heterocycles. The maximum atomic E-state index is 13.8. The van der Waals surface area contributed by atoms with Crippen LogP contribution < -0.4 is 5.32 Å². The highest BCUT2D eigenvalue weighted by atomic mass is 35.5. The summed E-state index contributed by atoms with van der Waals surface area (Å²) < 4.78 is 48.1. The van der Waals surface area contributed by atoms with Crippen molar-refractivity contribution in [2.45, 2.75) is 6.18 Å². The molecule has 12 nitrogen and oxygen atoms in total. The van der Waals surface area contributed by atoms with E-state index >= 15 is 0 Å². The number of alkyl halides is 3. The highest BCUT2D eigenvalue weighted by molar-refractivity contribution is 6.34. The molecular formula is C22H15ClF3N7O5. The quantitative estimate of drug-likeness (QED) is 0.213. The van der Waals surface area contributed by atoms with E-state index in [0.29, 0.717) is 0 Å². The normalized spacial score (nSPS) is 11.3. The van der Waals surface area contributed by atoms with E-state index in [0.717, 1.165) is 40.0 Å². The van der Waals surface area contributed by atoms with Crippen molar-refractivity contribution in [3.8, 4) is 17.1 Å². The van der Waals surface area contributed by atoms with Gasteiger partial charge in [0.05, 0.1) is 40.1 Å². The molecule has 1 amide bonds. The van der Waals surface area contributed by atoms with E-state index in [1.807, 2.05) is 0 Å².